The molecule has 0 N–H and O–H groups in total. The highest BCUT2D eigenvalue weighted by atomic mass is 28.3. The van der Waals surface area contributed by atoms with E-state index in [-0.39, 0.29) is 5.97 Å². The molecule has 5 heteroatoms. The second-order valence-corrected chi connectivity index (χ2v) is 12.6. The van der Waals surface area contributed by atoms with E-state index in [1.165, 1.54) is 4.85 Å². The zero-order valence-electron chi connectivity index (χ0n) is 14.9. The fourth-order valence-corrected chi connectivity index (χ4v) is 2.32. The molecule has 0 fully saturated rings. The number of rotatable bonds is 1. The molecule has 0 aliphatic heterocycles. The lowest BCUT2D eigenvalue weighted by molar-refractivity contribution is -0.154. The van der Waals surface area contributed by atoms with Crippen molar-refractivity contribution in [3.05, 3.63) is 29.5 Å². The lowest BCUT2D eigenvalue weighted by atomic mass is 9.98. The van der Waals surface area contributed by atoms with Crippen LogP contribution in [0.5, 0.6) is 0 Å². The number of aryl methyl sites for hydroxylation is 1. The second kappa shape index (κ2) is 5.86. The minimum Gasteiger partial charge on any atom is -0.318 e. The smallest absolute Gasteiger partial charge is 0.318 e. The first-order valence-corrected chi connectivity index (χ1v) is 11.2. The van der Waals surface area contributed by atoms with Gasteiger partial charge in [0.15, 0.2) is 0 Å². The minimum absolute atomic E-state index is 0.327. The first-order valence-electron chi connectivity index (χ1n) is 7.73. The van der Waals surface area contributed by atoms with Crippen LogP contribution in [0.25, 0.3) is 10.9 Å². The van der Waals surface area contributed by atoms with Crippen LogP contribution in [0.1, 0.15) is 32.0 Å². The van der Waals surface area contributed by atoms with Crippen molar-refractivity contribution in [1.82, 2.24) is 9.94 Å². The van der Waals surface area contributed by atoms with Crippen molar-refractivity contribution in [1.29, 1.82) is 0 Å². The molecule has 1 aromatic heterocycles. The lowest BCUT2D eigenvalue weighted by Crippen LogP contribution is -2.31. The Balaban J connectivity index is 2.54. The Morgan fingerprint density at radius 3 is 2.48 bits per heavy atom. The summed E-state index contributed by atoms with van der Waals surface area (Å²) in [5.74, 6) is 2.85. The van der Waals surface area contributed by atoms with Crippen LogP contribution in [0.4, 0.5) is 0 Å². The molecule has 23 heavy (non-hydrogen) atoms. The first kappa shape index (κ1) is 17.3. The van der Waals surface area contributed by atoms with Crippen LogP contribution < -0.4 is 4.84 Å². The van der Waals surface area contributed by atoms with Crippen LogP contribution in [0.2, 0.25) is 19.6 Å². The molecule has 2 aromatic rings. The number of nitrogens with zero attached hydrogens (tertiary/aromatic N) is 2. The van der Waals surface area contributed by atoms with E-state index in [2.05, 4.69) is 36.2 Å². The fourth-order valence-electron chi connectivity index (χ4n) is 1.83. The van der Waals surface area contributed by atoms with E-state index in [0.29, 0.717) is 5.69 Å². The van der Waals surface area contributed by atoms with Crippen molar-refractivity contribution in [3.8, 4) is 11.5 Å². The Kier molecular flexibility index (Phi) is 4.40. The molecule has 0 bridgehead atoms. The Bertz CT molecular complexity index is 812. The van der Waals surface area contributed by atoms with E-state index in [9.17, 15) is 4.79 Å². The normalized spacial score (nSPS) is 12.0. The van der Waals surface area contributed by atoms with E-state index >= 15 is 0 Å². The molecule has 0 aliphatic carbocycles. The number of benzene rings is 1. The minimum atomic E-state index is -1.51. The van der Waals surface area contributed by atoms with Crippen LogP contribution in [-0.2, 0) is 4.79 Å². The Hall–Kier alpha value is -2.06. The summed E-state index contributed by atoms with van der Waals surface area (Å²) < 4.78 is 0. The van der Waals surface area contributed by atoms with Gasteiger partial charge < -0.3 is 4.84 Å². The number of aromatic nitrogens is 2. The monoisotopic (exact) mass is 328 g/mol. The summed E-state index contributed by atoms with van der Waals surface area (Å²) in [6.45, 7) is 14.0. The Morgan fingerprint density at radius 1 is 1.26 bits per heavy atom. The summed E-state index contributed by atoms with van der Waals surface area (Å²) >= 11 is 0. The standard InChI is InChI=1S/C18H24N2O2Si/c1-13-8-9-16-14(12-13)15(10-11-23(5,6)7)19-20(16)22-17(21)18(2,3)4/h8-9,12H,1-7H3. The largest absolute Gasteiger partial charge is 0.340 e. The molecule has 0 aliphatic rings. The highest BCUT2D eigenvalue weighted by molar-refractivity contribution is 6.83. The van der Waals surface area contributed by atoms with E-state index in [0.717, 1.165) is 16.5 Å². The van der Waals surface area contributed by atoms with Gasteiger partial charge in [-0.15, -0.1) is 10.6 Å². The predicted molar refractivity (Wildman–Crippen MR) is 95.7 cm³/mol. The third-order valence-corrected chi connectivity index (χ3v) is 4.02. The third-order valence-electron chi connectivity index (χ3n) is 3.14. The first-order chi connectivity index (χ1) is 10.5. The molecule has 0 radical (unpaired) electrons. The summed E-state index contributed by atoms with van der Waals surface area (Å²) in [6.07, 6.45) is 0. The van der Waals surface area contributed by atoms with Crippen molar-refractivity contribution >= 4 is 24.9 Å². The molecule has 0 atom stereocenters. The maximum Gasteiger partial charge on any atom is 0.340 e. The maximum atomic E-state index is 12.2. The van der Waals surface area contributed by atoms with E-state index in [1.54, 1.807) is 0 Å². The summed E-state index contributed by atoms with van der Waals surface area (Å²) in [5, 5.41) is 5.32. The maximum absolute atomic E-state index is 12.2. The van der Waals surface area contributed by atoms with Gasteiger partial charge in [-0.3, -0.25) is 0 Å². The van der Waals surface area contributed by atoms with Gasteiger partial charge in [0, 0.05) is 5.39 Å². The zero-order chi connectivity index (χ0) is 17.4. The zero-order valence-corrected chi connectivity index (χ0v) is 15.9. The van der Waals surface area contributed by atoms with Gasteiger partial charge in [-0.1, -0.05) is 42.0 Å². The van der Waals surface area contributed by atoms with Gasteiger partial charge >= 0.3 is 5.97 Å². The summed E-state index contributed by atoms with van der Waals surface area (Å²) in [7, 11) is -1.51. The van der Waals surface area contributed by atoms with E-state index < -0.39 is 13.5 Å². The van der Waals surface area contributed by atoms with Crippen LogP contribution in [0, 0.1) is 23.8 Å². The van der Waals surface area contributed by atoms with Crippen molar-refractivity contribution in [2.75, 3.05) is 0 Å². The molecule has 0 saturated heterocycles. The summed E-state index contributed by atoms with van der Waals surface area (Å²) in [4.78, 5) is 18.9. The summed E-state index contributed by atoms with van der Waals surface area (Å²) in [5.41, 5.74) is 5.27. The topological polar surface area (TPSA) is 44.1 Å². The van der Waals surface area contributed by atoms with Gasteiger partial charge in [-0.25, -0.2) is 4.79 Å². The van der Waals surface area contributed by atoms with Crippen LogP contribution >= 0.6 is 0 Å². The molecular weight excluding hydrogens is 304 g/mol. The number of hydrogen-bond acceptors (Lipinski definition) is 3. The van der Waals surface area contributed by atoms with Gasteiger partial charge in [-0.2, -0.15) is 0 Å². The Morgan fingerprint density at radius 2 is 1.91 bits per heavy atom. The number of hydrogen-bond donors (Lipinski definition) is 0. The Labute approximate surface area is 138 Å². The quantitative estimate of drug-likeness (QED) is 0.594. The average molecular weight is 328 g/mol. The third kappa shape index (κ3) is 4.23. The van der Waals surface area contributed by atoms with Gasteiger partial charge in [0.05, 0.1) is 5.41 Å². The predicted octanol–water partition coefficient (Wildman–Crippen LogP) is 3.57. The molecule has 0 amide bonds. The lowest BCUT2D eigenvalue weighted by Gasteiger charge is -2.15. The number of carbonyl (C=O) groups is 1. The van der Waals surface area contributed by atoms with Crippen LogP contribution in [0.15, 0.2) is 18.2 Å². The molecule has 1 heterocycles. The van der Waals surface area contributed by atoms with E-state index in [1.807, 2.05) is 45.9 Å². The van der Waals surface area contributed by atoms with Crippen molar-refractivity contribution in [2.45, 2.75) is 47.3 Å². The van der Waals surface area contributed by atoms with Gasteiger partial charge in [0.1, 0.15) is 19.3 Å². The van der Waals surface area contributed by atoms with Gasteiger partial charge in [0.2, 0.25) is 0 Å². The van der Waals surface area contributed by atoms with Crippen molar-refractivity contribution < 1.29 is 9.63 Å². The highest BCUT2D eigenvalue weighted by Gasteiger charge is 2.25. The van der Waals surface area contributed by atoms with E-state index in [4.69, 9.17) is 4.84 Å². The van der Waals surface area contributed by atoms with Gasteiger partial charge in [-0.05, 0) is 39.8 Å². The SMILES string of the molecule is Cc1ccc2c(c1)c(C#C[Si](C)(C)C)nn2OC(=O)C(C)(C)C. The molecule has 1 aromatic carbocycles. The number of carbonyl (C=O) groups excluding carboxylic acids is 1. The van der Waals surface area contributed by atoms with Crippen molar-refractivity contribution in [2.24, 2.45) is 5.41 Å². The van der Waals surface area contributed by atoms with Crippen LogP contribution in [0.3, 0.4) is 0 Å². The molecule has 4 nitrogen and oxygen atoms in total. The van der Waals surface area contributed by atoms with Crippen molar-refractivity contribution in [3.63, 3.8) is 0 Å². The highest BCUT2D eigenvalue weighted by Crippen LogP contribution is 2.21. The molecule has 0 saturated carbocycles. The second-order valence-electron chi connectivity index (χ2n) is 7.87. The molecule has 0 unspecified atom stereocenters. The number of fused-ring (bicyclic) bond motifs is 1. The van der Waals surface area contributed by atoms with Gasteiger partial charge in [0.25, 0.3) is 0 Å². The molecule has 122 valence electrons. The summed E-state index contributed by atoms with van der Waals surface area (Å²) in [6, 6.07) is 5.91. The molecule has 2 rings (SSSR count). The van der Waals surface area contributed by atoms with Crippen LogP contribution in [-0.4, -0.2) is 24.0 Å². The fraction of sp³-hybridized carbons (Fsp3) is 0.444. The molecule has 0 spiro atoms. The molecular formula is C18H24N2O2Si. The average Bonchev–Trinajstić information content (AvgIpc) is 2.72.